The standard InChI is InChI=1S/2C24H21.C12H9Si.2ClH.Hf/c2*1-17(2)21-12-6-7-13-22(21)23-14-8-11-19-15-20(16-24(19)23)18-9-4-3-5-10-18;1-3-7-11-9(5-1)10-6-2-4-8-12(10)13-11;;;/h2*3-17H,1-2H3;1-7H,13H2;2*1H;/q;;;;;+2/p-2. The van der Waals surface area contributed by atoms with E-state index in [1.807, 2.05) is 0 Å². The van der Waals surface area contributed by atoms with E-state index >= 15 is 0 Å². The Bertz CT molecular complexity index is 3030. The van der Waals surface area contributed by atoms with Gasteiger partial charge in [-0.3, -0.25) is 0 Å². The Hall–Kier alpha value is -5.09. The van der Waals surface area contributed by atoms with Crippen LogP contribution in [0.5, 0.6) is 0 Å². The van der Waals surface area contributed by atoms with E-state index in [0.29, 0.717) is 11.8 Å². The zero-order chi connectivity index (χ0) is 43.8. The number of allylic oxidation sites excluding steroid dienone is 2. The maximum atomic E-state index is 9.59. The molecule has 11 rings (SSSR count). The monoisotopic (exact) mass is 1050 g/mol. The molecule has 4 heteroatoms. The van der Waals surface area contributed by atoms with Crippen molar-refractivity contribution in [3.8, 4) is 33.4 Å². The molecule has 2 atom stereocenters. The van der Waals surface area contributed by atoms with E-state index in [1.165, 1.54) is 103 Å². The first-order valence-electron chi connectivity index (χ1n) is 22.9. The van der Waals surface area contributed by atoms with Crippen LogP contribution in [0.2, 0.25) is 0 Å². The van der Waals surface area contributed by atoms with E-state index in [2.05, 4.69) is 228 Å². The molecule has 2 unspecified atom stereocenters. The normalized spacial score (nSPS) is 17.1. The molecule has 64 heavy (non-hydrogen) atoms. The molecule has 0 aromatic heterocycles. The second-order valence-electron chi connectivity index (χ2n) is 18.7. The summed E-state index contributed by atoms with van der Waals surface area (Å²) in [5, 5.41) is 2.89. The molecule has 3 aliphatic rings. The van der Waals surface area contributed by atoms with Crippen LogP contribution in [0.3, 0.4) is 0 Å². The fourth-order valence-corrected chi connectivity index (χ4v) is 49.5. The molecule has 0 fully saturated rings. The van der Waals surface area contributed by atoms with E-state index in [4.69, 9.17) is 0 Å². The van der Waals surface area contributed by atoms with Crippen LogP contribution < -0.4 is 13.7 Å². The fraction of sp³-hybridized carbons (Fsp3) is 0.133. The van der Waals surface area contributed by atoms with Crippen LogP contribution in [-0.4, -0.2) is 9.52 Å². The number of halogens is 2. The molecule has 8 aromatic rings. The average Bonchev–Trinajstić information content (AvgIpc) is 4.05. The van der Waals surface area contributed by atoms with Crippen molar-refractivity contribution < 1.29 is 16.1 Å². The van der Waals surface area contributed by atoms with Gasteiger partial charge in [0, 0.05) is 0 Å². The molecule has 8 aromatic carbocycles. The van der Waals surface area contributed by atoms with Crippen molar-refractivity contribution >= 4 is 63.7 Å². The summed E-state index contributed by atoms with van der Waals surface area (Å²) in [5.41, 5.74) is 20.1. The van der Waals surface area contributed by atoms with Gasteiger partial charge < -0.3 is 0 Å². The minimum atomic E-state index is -6.14. The van der Waals surface area contributed by atoms with Crippen molar-refractivity contribution in [3.05, 3.63) is 233 Å². The summed E-state index contributed by atoms with van der Waals surface area (Å²) in [6, 6.07) is 69.8. The van der Waals surface area contributed by atoms with Crippen molar-refractivity contribution in [2.24, 2.45) is 0 Å². The quantitative estimate of drug-likeness (QED) is 0.126. The molecule has 0 radical (unpaired) electrons. The number of fused-ring (bicyclic) bond motifs is 5. The average molecular weight is 1050 g/mol. The molecule has 0 saturated heterocycles. The Labute approximate surface area is 389 Å². The van der Waals surface area contributed by atoms with Crippen molar-refractivity contribution in [2.45, 2.75) is 46.9 Å². The maximum absolute atomic E-state index is 9.59. The summed E-state index contributed by atoms with van der Waals surface area (Å²) >= 11 is -6.14. The van der Waals surface area contributed by atoms with Gasteiger partial charge in [-0.25, -0.2) is 0 Å². The summed E-state index contributed by atoms with van der Waals surface area (Å²) in [7, 11) is 18.2. The summed E-state index contributed by atoms with van der Waals surface area (Å²) in [5.74, 6) is 0.713. The second-order valence-corrected chi connectivity index (χ2v) is 49.8. The Morgan fingerprint density at radius 2 is 0.812 bits per heavy atom. The third kappa shape index (κ3) is 6.46. The van der Waals surface area contributed by atoms with Gasteiger partial charge in [0.1, 0.15) is 0 Å². The van der Waals surface area contributed by atoms with Crippen LogP contribution >= 0.6 is 17.2 Å². The van der Waals surface area contributed by atoms with Gasteiger partial charge in [-0.15, -0.1) is 0 Å². The van der Waals surface area contributed by atoms with E-state index in [-0.39, 0.29) is 7.35 Å². The molecule has 1 aliphatic heterocycles. The van der Waals surface area contributed by atoms with Crippen molar-refractivity contribution in [1.29, 1.82) is 0 Å². The van der Waals surface area contributed by atoms with Crippen molar-refractivity contribution in [3.63, 3.8) is 0 Å². The van der Waals surface area contributed by atoms with Crippen LogP contribution in [0, 0.1) is 0 Å². The number of benzene rings is 8. The molecule has 1 heterocycles. The predicted octanol–water partition coefficient (Wildman–Crippen LogP) is 14.6. The third-order valence-corrected chi connectivity index (χ3v) is 45.8. The molecular formula is C60H51Cl2HfSi. The van der Waals surface area contributed by atoms with Gasteiger partial charge in [0.25, 0.3) is 0 Å². The Morgan fingerprint density at radius 1 is 0.406 bits per heavy atom. The third-order valence-electron chi connectivity index (χ3n) is 14.5. The van der Waals surface area contributed by atoms with E-state index in [9.17, 15) is 17.2 Å². The minimum absolute atomic E-state index is 0.261. The van der Waals surface area contributed by atoms with Crippen LogP contribution in [0.1, 0.15) is 91.4 Å². The Morgan fingerprint density at radius 3 is 1.31 bits per heavy atom. The van der Waals surface area contributed by atoms with Gasteiger partial charge in [0.05, 0.1) is 0 Å². The molecule has 0 amide bonds. The van der Waals surface area contributed by atoms with Crippen LogP contribution in [0.4, 0.5) is 0 Å². The van der Waals surface area contributed by atoms with Gasteiger partial charge >= 0.3 is 393 Å². The molecule has 2 aliphatic carbocycles. The Balaban J connectivity index is 1.27. The van der Waals surface area contributed by atoms with Crippen LogP contribution in [-0.2, 0) is 16.1 Å². The molecule has 0 N–H and O–H groups in total. The number of hydrogen-bond donors (Lipinski definition) is 0. The Kier molecular flexibility index (Phi) is 10.5. The summed E-state index contributed by atoms with van der Waals surface area (Å²) in [4.78, 5) is 0. The van der Waals surface area contributed by atoms with Crippen molar-refractivity contribution in [1.82, 2.24) is 0 Å². The SMILES string of the molecule is CC(C)c1ccccc1-c1cccc2c1C=C(c1ccccc1)[CH]2[Hf]([Cl])([Cl])([c]1cccc2c1[SiH2]c1ccccc1-2)[CH]1C(c2ccccc2)=Cc2c(-c3ccccc3C(C)C)cccc21. The fourth-order valence-electron chi connectivity index (χ4n) is 11.7. The predicted molar refractivity (Wildman–Crippen MR) is 277 cm³/mol. The molecule has 0 saturated carbocycles. The van der Waals surface area contributed by atoms with Crippen LogP contribution in [0.15, 0.2) is 188 Å². The zero-order valence-electron chi connectivity index (χ0n) is 36.8. The molecule has 0 nitrogen and oxygen atoms in total. The van der Waals surface area contributed by atoms with Gasteiger partial charge in [-0.1, -0.05) is 0 Å². The molecule has 313 valence electrons. The summed E-state index contributed by atoms with van der Waals surface area (Å²) < 4.78 is 0.714. The summed E-state index contributed by atoms with van der Waals surface area (Å²) in [6.45, 7) is 9.19. The van der Waals surface area contributed by atoms with E-state index in [0.717, 1.165) is 0 Å². The number of hydrogen-bond acceptors (Lipinski definition) is 0. The van der Waals surface area contributed by atoms with Gasteiger partial charge in [-0.05, 0) is 0 Å². The molecule has 0 spiro atoms. The van der Waals surface area contributed by atoms with E-state index < -0.39 is 25.7 Å². The first-order chi connectivity index (χ1) is 31.1. The first-order valence-corrected chi connectivity index (χ1v) is 39.2. The second kappa shape index (κ2) is 16.1. The number of rotatable bonds is 9. The molecular weight excluding hydrogens is 998 g/mol. The topological polar surface area (TPSA) is 0 Å². The van der Waals surface area contributed by atoms with E-state index in [1.54, 1.807) is 0 Å². The van der Waals surface area contributed by atoms with Crippen LogP contribution in [0.25, 0.3) is 56.7 Å². The summed E-state index contributed by atoms with van der Waals surface area (Å²) in [6.07, 6.45) is 4.96. The zero-order valence-corrected chi connectivity index (χ0v) is 43.3. The first kappa shape index (κ1) is 41.6. The van der Waals surface area contributed by atoms with Gasteiger partial charge in [-0.2, -0.15) is 0 Å². The molecule has 0 bridgehead atoms. The van der Waals surface area contributed by atoms with Gasteiger partial charge in [0.2, 0.25) is 0 Å². The van der Waals surface area contributed by atoms with Gasteiger partial charge in [0.15, 0.2) is 0 Å². The van der Waals surface area contributed by atoms with Crippen molar-refractivity contribution in [2.75, 3.05) is 0 Å².